The van der Waals surface area contributed by atoms with Gasteiger partial charge in [-0.05, 0) is 54.4 Å². The lowest BCUT2D eigenvalue weighted by Crippen LogP contribution is -2.40. The molecule has 0 saturated carbocycles. The minimum atomic E-state index is -0.132. The van der Waals surface area contributed by atoms with E-state index in [4.69, 9.17) is 4.74 Å². The van der Waals surface area contributed by atoms with E-state index in [-0.39, 0.29) is 11.7 Å². The van der Waals surface area contributed by atoms with Crippen LogP contribution in [0.25, 0.3) is 11.4 Å². The molecular weight excluding hydrogens is 458 g/mol. The first kappa shape index (κ1) is 24.3. The predicted octanol–water partition coefficient (Wildman–Crippen LogP) is 5.57. The number of ether oxygens (including phenoxy) is 1. The Morgan fingerprint density at radius 2 is 1.54 bits per heavy atom. The van der Waals surface area contributed by atoms with Crippen molar-refractivity contribution >= 4 is 29.0 Å². The molecule has 1 aromatic heterocycles. The number of para-hydroxylation sites is 2. The van der Waals surface area contributed by atoms with E-state index >= 15 is 0 Å². The summed E-state index contributed by atoms with van der Waals surface area (Å²) in [4.78, 5) is 13.0. The molecule has 1 heterocycles. The lowest BCUT2D eigenvalue weighted by atomic mass is 10.2. The number of hydrazine groups is 1. The maximum absolute atomic E-state index is 13.0. The molecule has 8 heteroatoms. The van der Waals surface area contributed by atoms with E-state index in [1.54, 1.807) is 12.1 Å². The highest BCUT2D eigenvalue weighted by molar-refractivity contribution is 7.99. The Balaban J connectivity index is 1.51. The van der Waals surface area contributed by atoms with Crippen LogP contribution in [-0.4, -0.2) is 33.5 Å². The van der Waals surface area contributed by atoms with Crippen LogP contribution in [0.2, 0.25) is 0 Å². The van der Waals surface area contributed by atoms with Crippen molar-refractivity contribution in [3.63, 3.8) is 0 Å². The molecule has 0 atom stereocenters. The molecule has 0 unspecified atom stereocenters. The third-order valence-electron chi connectivity index (χ3n) is 5.21. The molecule has 7 nitrogen and oxygen atoms in total. The fourth-order valence-electron chi connectivity index (χ4n) is 3.60. The molecule has 0 aliphatic carbocycles. The summed E-state index contributed by atoms with van der Waals surface area (Å²) >= 11 is 1.38. The first-order valence-electron chi connectivity index (χ1n) is 11.5. The highest BCUT2D eigenvalue weighted by Gasteiger charge is 2.18. The van der Waals surface area contributed by atoms with Gasteiger partial charge in [0.15, 0.2) is 11.0 Å². The number of aromatic nitrogens is 3. The summed E-state index contributed by atoms with van der Waals surface area (Å²) in [5.41, 5.74) is 5.74. The second-order valence-corrected chi connectivity index (χ2v) is 9.31. The molecule has 1 amide bonds. The van der Waals surface area contributed by atoms with E-state index in [0.29, 0.717) is 11.1 Å². The van der Waals surface area contributed by atoms with Crippen LogP contribution in [0.3, 0.4) is 0 Å². The highest BCUT2D eigenvalue weighted by atomic mass is 32.2. The van der Waals surface area contributed by atoms with Gasteiger partial charge in [-0.3, -0.25) is 15.2 Å². The Kier molecular flexibility index (Phi) is 8.05. The van der Waals surface area contributed by atoms with Gasteiger partial charge >= 0.3 is 0 Å². The van der Waals surface area contributed by atoms with E-state index in [0.717, 1.165) is 35.1 Å². The fraction of sp³-hybridized carbons (Fsp3) is 0.222. The van der Waals surface area contributed by atoms with Gasteiger partial charge in [-0.2, -0.15) is 0 Å². The predicted molar refractivity (Wildman–Crippen MR) is 141 cm³/mol. The number of hydrogen-bond donors (Lipinski definition) is 1. The van der Waals surface area contributed by atoms with Gasteiger partial charge in [0.25, 0.3) is 0 Å². The van der Waals surface area contributed by atoms with Crippen molar-refractivity contribution in [1.29, 1.82) is 0 Å². The summed E-state index contributed by atoms with van der Waals surface area (Å²) in [6.45, 7) is 5.05. The van der Waals surface area contributed by atoms with Gasteiger partial charge in [-0.1, -0.05) is 62.0 Å². The van der Waals surface area contributed by atoms with Gasteiger partial charge in [-0.15, -0.1) is 10.2 Å². The van der Waals surface area contributed by atoms with E-state index in [9.17, 15) is 4.79 Å². The molecule has 1 N–H and O–H groups in total. The molecule has 0 radical (unpaired) electrons. The van der Waals surface area contributed by atoms with Gasteiger partial charge in [0, 0.05) is 12.1 Å². The Morgan fingerprint density at radius 1 is 0.943 bits per heavy atom. The van der Waals surface area contributed by atoms with Gasteiger partial charge in [-0.25, -0.2) is 0 Å². The Morgan fingerprint density at radius 3 is 2.09 bits per heavy atom. The molecule has 0 aliphatic heterocycles. The number of amides is 1. The number of rotatable bonds is 10. The number of carbonyl (C=O) groups excluding carboxylic acids is 1. The zero-order valence-electron chi connectivity index (χ0n) is 20.1. The van der Waals surface area contributed by atoms with Crippen LogP contribution < -0.4 is 15.2 Å². The molecule has 4 rings (SSSR count). The molecule has 0 saturated heterocycles. The Hall–Kier alpha value is -3.78. The topological polar surface area (TPSA) is 72.3 Å². The lowest BCUT2D eigenvalue weighted by Gasteiger charge is -2.25. The zero-order valence-corrected chi connectivity index (χ0v) is 20.9. The van der Waals surface area contributed by atoms with Crippen molar-refractivity contribution in [1.82, 2.24) is 20.2 Å². The lowest BCUT2D eigenvalue weighted by molar-refractivity contribution is -0.118. The monoisotopic (exact) mass is 487 g/mol. The number of carbonyl (C=O) groups is 1. The smallest absolute Gasteiger partial charge is 0.249 e. The molecular formula is C27H29N5O2S. The molecule has 180 valence electrons. The summed E-state index contributed by atoms with van der Waals surface area (Å²) in [5.74, 6) is 2.03. The third kappa shape index (κ3) is 6.22. The summed E-state index contributed by atoms with van der Waals surface area (Å²) in [6, 6.07) is 27.3. The van der Waals surface area contributed by atoms with Gasteiger partial charge in [0.2, 0.25) is 5.91 Å². The van der Waals surface area contributed by atoms with Crippen LogP contribution in [0.4, 0.5) is 11.4 Å². The van der Waals surface area contributed by atoms with Gasteiger partial charge < -0.3 is 9.30 Å². The number of benzene rings is 3. The zero-order chi connectivity index (χ0) is 24.6. The second-order valence-electron chi connectivity index (χ2n) is 8.37. The standard InChI is InChI=1S/C27H29N5O2S/c1-20(2)18-31-26(21-14-16-24(34-3)17-15-21)28-29-27(31)35-19-25(33)30-32(22-10-6-4-7-11-22)23-12-8-5-9-13-23/h4-17,20H,18-19H2,1-3H3,(H,30,33). The Bertz CT molecular complexity index is 1190. The van der Waals surface area contributed by atoms with Gasteiger partial charge in [0.05, 0.1) is 24.2 Å². The largest absolute Gasteiger partial charge is 0.497 e. The molecule has 0 bridgehead atoms. The van der Waals surface area contributed by atoms with Crippen molar-refractivity contribution in [2.45, 2.75) is 25.5 Å². The minimum Gasteiger partial charge on any atom is -0.497 e. The molecule has 0 spiro atoms. The third-order valence-corrected chi connectivity index (χ3v) is 6.18. The van der Waals surface area contributed by atoms with Gasteiger partial charge in [0.1, 0.15) is 5.75 Å². The molecule has 0 aliphatic rings. The van der Waals surface area contributed by atoms with Crippen LogP contribution in [0, 0.1) is 5.92 Å². The highest BCUT2D eigenvalue weighted by Crippen LogP contribution is 2.27. The van der Waals surface area contributed by atoms with E-state index in [2.05, 4.69) is 34.0 Å². The maximum Gasteiger partial charge on any atom is 0.249 e. The first-order valence-corrected chi connectivity index (χ1v) is 12.4. The number of anilines is 2. The van der Waals surface area contributed by atoms with Crippen LogP contribution >= 0.6 is 11.8 Å². The molecule has 0 fully saturated rings. The van der Waals surface area contributed by atoms with Crippen molar-refractivity contribution < 1.29 is 9.53 Å². The van der Waals surface area contributed by atoms with Crippen LogP contribution in [-0.2, 0) is 11.3 Å². The summed E-state index contributed by atoms with van der Waals surface area (Å²) in [5, 5.41) is 11.4. The Labute approximate surface area is 210 Å². The number of thioether (sulfide) groups is 1. The number of hydrogen-bond acceptors (Lipinski definition) is 6. The quantitative estimate of drug-likeness (QED) is 0.233. The maximum atomic E-state index is 13.0. The molecule has 3 aromatic carbocycles. The average molecular weight is 488 g/mol. The summed E-state index contributed by atoms with van der Waals surface area (Å²) in [6.07, 6.45) is 0. The van der Waals surface area contributed by atoms with Crippen LogP contribution in [0.1, 0.15) is 13.8 Å². The molecule has 4 aromatic rings. The van der Waals surface area contributed by atoms with E-state index in [1.807, 2.05) is 84.9 Å². The number of nitrogens with one attached hydrogen (secondary N) is 1. The first-order chi connectivity index (χ1) is 17.0. The summed E-state index contributed by atoms with van der Waals surface area (Å²) < 4.78 is 7.35. The second kappa shape index (κ2) is 11.6. The summed E-state index contributed by atoms with van der Waals surface area (Å²) in [7, 11) is 1.65. The van der Waals surface area contributed by atoms with Crippen LogP contribution in [0.15, 0.2) is 90.1 Å². The fourth-order valence-corrected chi connectivity index (χ4v) is 4.34. The minimum absolute atomic E-state index is 0.132. The average Bonchev–Trinajstić information content (AvgIpc) is 3.28. The molecule has 35 heavy (non-hydrogen) atoms. The van der Waals surface area contributed by atoms with Crippen LogP contribution in [0.5, 0.6) is 5.75 Å². The van der Waals surface area contributed by atoms with Crippen molar-refractivity contribution in [2.24, 2.45) is 5.92 Å². The van der Waals surface area contributed by atoms with E-state index in [1.165, 1.54) is 11.8 Å². The van der Waals surface area contributed by atoms with Crippen molar-refractivity contribution in [2.75, 3.05) is 17.9 Å². The normalized spacial score (nSPS) is 10.9. The number of methoxy groups -OCH3 is 1. The van der Waals surface area contributed by atoms with E-state index < -0.39 is 0 Å². The number of nitrogens with zero attached hydrogens (tertiary/aromatic N) is 4. The van der Waals surface area contributed by atoms with Crippen molar-refractivity contribution in [3.8, 4) is 17.1 Å². The SMILES string of the molecule is COc1ccc(-c2nnc(SCC(=O)NN(c3ccccc3)c3ccccc3)n2CC(C)C)cc1. The van der Waals surface area contributed by atoms with Crippen molar-refractivity contribution in [3.05, 3.63) is 84.9 Å².